The van der Waals surface area contributed by atoms with Gasteiger partial charge in [-0.25, -0.2) is 17.9 Å². The smallest absolute Gasteiger partial charge is 0.175 e. The minimum Gasteiger partial charge on any atom is -0.481 e. The molecule has 2 aliphatic heterocycles. The van der Waals surface area contributed by atoms with Gasteiger partial charge in [0.1, 0.15) is 5.75 Å². The molecule has 2 aromatic carbocycles. The number of fused-ring (bicyclic) bond motifs is 1. The topological polar surface area (TPSA) is 86.0 Å². The first kappa shape index (κ1) is 24.1. The van der Waals surface area contributed by atoms with Crippen LogP contribution in [0.1, 0.15) is 19.3 Å². The molecule has 0 amide bonds. The van der Waals surface area contributed by atoms with Crippen LogP contribution in [0.15, 0.2) is 72.0 Å². The van der Waals surface area contributed by atoms with Crippen LogP contribution in [0.3, 0.4) is 0 Å². The Bertz CT molecular complexity index is 1520. The van der Waals surface area contributed by atoms with Crippen molar-refractivity contribution in [2.24, 2.45) is 0 Å². The predicted octanol–water partition coefficient (Wildman–Crippen LogP) is 4.10. The van der Waals surface area contributed by atoms with Gasteiger partial charge in [0.2, 0.25) is 0 Å². The van der Waals surface area contributed by atoms with Crippen LogP contribution in [0.4, 0.5) is 0 Å². The number of rotatable bonds is 7. The highest BCUT2D eigenvalue weighted by molar-refractivity contribution is 7.90. The second-order valence-corrected chi connectivity index (χ2v) is 12.1. The highest BCUT2D eigenvalue weighted by Gasteiger charge is 2.42. The Labute approximate surface area is 216 Å². The number of hydrogen-bond acceptors (Lipinski definition) is 7. The molecule has 2 fully saturated rings. The predicted molar refractivity (Wildman–Crippen MR) is 141 cm³/mol. The first-order valence-corrected chi connectivity index (χ1v) is 14.5. The first-order chi connectivity index (χ1) is 17.9. The Morgan fingerprint density at radius 3 is 2.46 bits per heavy atom. The summed E-state index contributed by atoms with van der Waals surface area (Å²) in [5, 5.41) is 4.47. The van der Waals surface area contributed by atoms with Gasteiger partial charge in [-0.2, -0.15) is 5.10 Å². The van der Waals surface area contributed by atoms with Gasteiger partial charge in [-0.05, 0) is 61.3 Å². The molecule has 8 nitrogen and oxygen atoms in total. The summed E-state index contributed by atoms with van der Waals surface area (Å²) < 4.78 is 37.7. The average Bonchev–Trinajstić information content (AvgIpc) is 3.31. The van der Waals surface area contributed by atoms with Gasteiger partial charge < -0.3 is 9.47 Å². The summed E-state index contributed by atoms with van der Waals surface area (Å²) in [6.45, 7) is 4.43. The third-order valence-electron chi connectivity index (χ3n) is 7.14. The van der Waals surface area contributed by atoms with Crippen LogP contribution >= 0.6 is 0 Å². The number of sulfone groups is 1. The summed E-state index contributed by atoms with van der Waals surface area (Å²) in [6, 6.07) is 14.9. The third kappa shape index (κ3) is 4.99. The van der Waals surface area contributed by atoms with Crippen LogP contribution in [0.5, 0.6) is 5.75 Å². The molecule has 2 aromatic heterocycles. The molecule has 0 spiro atoms. The molecule has 0 unspecified atom stereocenters. The molecule has 0 atom stereocenters. The van der Waals surface area contributed by atoms with Crippen molar-refractivity contribution in [2.45, 2.75) is 29.8 Å². The van der Waals surface area contributed by atoms with Crippen molar-refractivity contribution in [2.75, 3.05) is 39.1 Å². The van der Waals surface area contributed by atoms with Gasteiger partial charge in [-0.3, -0.25) is 4.90 Å². The van der Waals surface area contributed by atoms with Crippen molar-refractivity contribution in [1.29, 1.82) is 0 Å². The zero-order chi connectivity index (χ0) is 25.5. The quantitative estimate of drug-likeness (QED) is 0.364. The number of hydrogen-bond donors (Lipinski definition) is 0. The second-order valence-electron chi connectivity index (χ2n) is 10.1. The van der Waals surface area contributed by atoms with Crippen molar-refractivity contribution in [3.8, 4) is 28.0 Å². The van der Waals surface area contributed by atoms with Gasteiger partial charge in [0, 0.05) is 36.3 Å². The van der Waals surface area contributed by atoms with Gasteiger partial charge in [0.05, 0.1) is 24.3 Å². The number of aromatic nitrogens is 3. The van der Waals surface area contributed by atoms with Crippen molar-refractivity contribution in [3.63, 3.8) is 0 Å². The molecule has 0 N–H and O–H groups in total. The zero-order valence-corrected chi connectivity index (χ0v) is 21.7. The maximum absolute atomic E-state index is 12.0. The summed E-state index contributed by atoms with van der Waals surface area (Å²) in [7, 11) is -3.30. The normalized spacial score (nSPS) is 18.0. The Morgan fingerprint density at radius 2 is 1.76 bits per heavy atom. The van der Waals surface area contributed by atoms with Gasteiger partial charge in [-0.1, -0.05) is 30.7 Å². The van der Waals surface area contributed by atoms with Crippen LogP contribution < -0.4 is 4.74 Å². The number of likely N-dealkylation sites (tertiary alicyclic amines) is 1. The molecule has 0 bridgehead atoms. The van der Waals surface area contributed by atoms with Crippen LogP contribution in [-0.4, -0.2) is 72.6 Å². The highest BCUT2D eigenvalue weighted by atomic mass is 32.2. The molecule has 0 radical (unpaired) electrons. The van der Waals surface area contributed by atoms with E-state index in [0.717, 1.165) is 47.6 Å². The summed E-state index contributed by atoms with van der Waals surface area (Å²) >= 11 is 0. The number of piperidine rings is 1. The summed E-state index contributed by atoms with van der Waals surface area (Å²) in [5.74, 6) is 0.838. The van der Waals surface area contributed by atoms with E-state index < -0.39 is 9.84 Å². The largest absolute Gasteiger partial charge is 0.481 e. The van der Waals surface area contributed by atoms with Gasteiger partial charge >= 0.3 is 0 Å². The van der Waals surface area contributed by atoms with E-state index in [2.05, 4.69) is 15.0 Å². The van der Waals surface area contributed by atoms with E-state index in [4.69, 9.17) is 9.47 Å². The summed E-state index contributed by atoms with van der Waals surface area (Å²) in [4.78, 5) is 7.42. The summed E-state index contributed by atoms with van der Waals surface area (Å²) in [5.41, 5.74) is 3.88. The standard InChI is InChI=1S/C28H30N4O4S/c1-37(33,34)25-7-5-6-22(14-25)26-16-30-32-17-23(15-29-27(26)32)21-8-10-24(11-9-21)36-28(19-35-20-28)18-31-12-3-2-4-13-31/h5-11,14-17H,2-4,12-13,18-20H2,1H3. The van der Waals surface area contributed by atoms with Crippen molar-refractivity contribution in [1.82, 2.24) is 19.5 Å². The Morgan fingerprint density at radius 1 is 0.973 bits per heavy atom. The van der Waals surface area contributed by atoms with E-state index >= 15 is 0 Å². The van der Waals surface area contributed by atoms with E-state index in [1.54, 1.807) is 28.9 Å². The zero-order valence-electron chi connectivity index (χ0n) is 20.8. The lowest BCUT2D eigenvalue weighted by Crippen LogP contribution is -2.61. The lowest BCUT2D eigenvalue weighted by molar-refractivity contribution is -0.172. The fourth-order valence-electron chi connectivity index (χ4n) is 5.12. The molecule has 2 aliphatic rings. The van der Waals surface area contributed by atoms with Crippen LogP contribution in [0, 0.1) is 0 Å². The van der Waals surface area contributed by atoms with Crippen LogP contribution in [0.2, 0.25) is 0 Å². The van der Waals surface area contributed by atoms with Gasteiger partial charge in [0.15, 0.2) is 21.1 Å². The van der Waals surface area contributed by atoms with E-state index in [1.165, 1.54) is 25.5 Å². The lowest BCUT2D eigenvalue weighted by atomic mass is 9.99. The van der Waals surface area contributed by atoms with Crippen molar-refractivity contribution in [3.05, 3.63) is 67.1 Å². The van der Waals surface area contributed by atoms with E-state index in [1.807, 2.05) is 42.7 Å². The first-order valence-electron chi connectivity index (χ1n) is 12.6. The molecule has 37 heavy (non-hydrogen) atoms. The molecular weight excluding hydrogens is 488 g/mol. The lowest BCUT2D eigenvalue weighted by Gasteiger charge is -2.45. The fourth-order valence-corrected chi connectivity index (χ4v) is 5.79. The number of ether oxygens (including phenoxy) is 2. The molecule has 4 heterocycles. The monoisotopic (exact) mass is 518 g/mol. The highest BCUT2D eigenvalue weighted by Crippen LogP contribution is 2.31. The van der Waals surface area contributed by atoms with Crippen molar-refractivity contribution < 1.29 is 17.9 Å². The Kier molecular flexibility index (Phi) is 6.22. The average molecular weight is 519 g/mol. The van der Waals surface area contributed by atoms with E-state index in [0.29, 0.717) is 18.9 Å². The molecule has 4 aromatic rings. The van der Waals surface area contributed by atoms with E-state index in [9.17, 15) is 8.42 Å². The number of nitrogens with zero attached hydrogens (tertiary/aromatic N) is 4. The molecular formula is C28H30N4O4S. The second kappa shape index (κ2) is 9.55. The molecule has 0 aliphatic carbocycles. The van der Waals surface area contributed by atoms with Crippen LogP contribution in [-0.2, 0) is 14.6 Å². The SMILES string of the molecule is CS(=O)(=O)c1cccc(-c2cnn3cc(-c4ccc(OC5(CN6CCCCC6)COC5)cc4)cnc23)c1. The molecule has 192 valence electrons. The molecule has 9 heteroatoms. The number of benzene rings is 2. The molecule has 6 rings (SSSR count). The van der Waals surface area contributed by atoms with E-state index in [-0.39, 0.29) is 10.5 Å². The third-order valence-corrected chi connectivity index (χ3v) is 8.25. The van der Waals surface area contributed by atoms with Gasteiger partial charge in [-0.15, -0.1) is 0 Å². The molecule has 2 saturated heterocycles. The minimum atomic E-state index is -3.30. The van der Waals surface area contributed by atoms with Crippen molar-refractivity contribution >= 4 is 15.5 Å². The maximum atomic E-state index is 12.0. The van der Waals surface area contributed by atoms with Gasteiger partial charge in [0.25, 0.3) is 0 Å². The molecule has 0 saturated carbocycles. The Hall–Kier alpha value is -3.27. The maximum Gasteiger partial charge on any atom is 0.175 e. The Balaban J connectivity index is 1.20. The van der Waals surface area contributed by atoms with Crippen LogP contribution in [0.25, 0.3) is 27.9 Å². The summed E-state index contributed by atoms with van der Waals surface area (Å²) in [6.07, 6.45) is 10.5. The fraction of sp³-hybridized carbons (Fsp3) is 0.357. The minimum absolute atomic E-state index is 0.265.